The lowest BCUT2D eigenvalue weighted by Gasteiger charge is -1.82. The van der Waals surface area contributed by atoms with Crippen molar-refractivity contribution in [3.05, 3.63) is 35.9 Å². The molecule has 0 saturated carbocycles. The fourth-order valence-electron chi connectivity index (χ4n) is 0.534. The second kappa shape index (κ2) is 12.3. The van der Waals surface area contributed by atoms with Crippen LogP contribution in [0.1, 0.15) is 19.4 Å². The van der Waals surface area contributed by atoms with Crippen molar-refractivity contribution in [2.75, 3.05) is 13.4 Å². The van der Waals surface area contributed by atoms with Crippen LogP contribution in [-0.2, 0) is 15.3 Å². The molecule has 14 heavy (non-hydrogen) atoms. The summed E-state index contributed by atoms with van der Waals surface area (Å²) in [6, 6.07) is 10.3. The van der Waals surface area contributed by atoms with Gasteiger partial charge in [-0.25, -0.2) is 4.21 Å². The van der Waals surface area contributed by atoms with E-state index in [1.165, 1.54) is 18.9 Å². The molecule has 0 radical (unpaired) electrons. The van der Waals surface area contributed by atoms with Crippen LogP contribution in [0.4, 0.5) is 0 Å². The van der Waals surface area contributed by atoms with Gasteiger partial charge in [-0.1, -0.05) is 49.7 Å². The van der Waals surface area contributed by atoms with Crippen molar-refractivity contribution in [1.82, 2.24) is 0 Å². The van der Waals surface area contributed by atoms with E-state index in [2.05, 4.69) is 23.2 Å². The summed E-state index contributed by atoms with van der Waals surface area (Å²) in [5.41, 5.74) is 1.32. The maximum atomic E-state index is 9.70. The van der Waals surface area contributed by atoms with Gasteiger partial charge in [0.25, 0.3) is 0 Å². The van der Waals surface area contributed by atoms with Crippen LogP contribution in [0.15, 0.2) is 30.3 Å². The summed E-state index contributed by atoms with van der Waals surface area (Å²) >= 11 is -1.07. The van der Waals surface area contributed by atoms with Crippen LogP contribution >= 0.6 is 0 Å². The molecule has 2 nitrogen and oxygen atoms in total. The predicted octanol–water partition coefficient (Wildman–Crippen LogP) is 2.95. The summed E-state index contributed by atoms with van der Waals surface area (Å²) in [5.74, 6) is 0. The zero-order valence-electron chi connectivity index (χ0n) is 9.61. The Kier molecular flexibility index (Phi) is 13.9. The average Bonchev–Trinajstić information content (AvgIpc) is 2.23. The molecule has 1 atom stereocenters. The molecule has 0 aromatic heterocycles. The molecule has 0 spiro atoms. The molecule has 1 unspecified atom stereocenters. The summed E-state index contributed by atoms with van der Waals surface area (Å²) in [7, 11) is 1.40. The maximum absolute atomic E-state index is 9.70. The smallest absolute Gasteiger partial charge is 0.151 e. The highest BCUT2D eigenvalue weighted by Gasteiger charge is 1.72. The third-order valence-corrected chi connectivity index (χ3v) is 1.64. The van der Waals surface area contributed by atoms with E-state index in [0.717, 1.165) is 0 Å². The Morgan fingerprint density at radius 1 is 1.14 bits per heavy atom. The fraction of sp³-hybridized carbons (Fsp3) is 0.455. The normalized spacial score (nSPS) is 10.1. The number of aryl methyl sites for hydroxylation is 1. The monoisotopic (exact) mass is 216 g/mol. The third kappa shape index (κ3) is 13.9. The quantitative estimate of drug-likeness (QED) is 0.721. The second-order valence-electron chi connectivity index (χ2n) is 2.22. The lowest BCUT2D eigenvalue weighted by Crippen LogP contribution is -1.83. The molecule has 0 bridgehead atoms. The summed E-state index contributed by atoms with van der Waals surface area (Å²) in [6.07, 6.45) is 1.47. The molecule has 0 amide bonds. The lowest BCUT2D eigenvalue weighted by molar-refractivity contribution is 0.450. The minimum atomic E-state index is -1.07. The molecular weight excluding hydrogens is 196 g/mol. The van der Waals surface area contributed by atoms with E-state index in [4.69, 9.17) is 0 Å². The van der Waals surface area contributed by atoms with E-state index in [9.17, 15) is 4.21 Å². The summed E-state index contributed by atoms with van der Waals surface area (Å²) in [5, 5.41) is 0. The van der Waals surface area contributed by atoms with Gasteiger partial charge >= 0.3 is 0 Å². The molecule has 0 N–H and O–H groups in total. The molecule has 0 aliphatic rings. The van der Waals surface area contributed by atoms with E-state index >= 15 is 0 Å². The zero-order chi connectivity index (χ0) is 11.4. The van der Waals surface area contributed by atoms with Gasteiger partial charge in [-0.2, -0.15) is 0 Å². The molecule has 1 aromatic carbocycles. The fourth-order valence-corrected chi connectivity index (χ4v) is 0.534. The van der Waals surface area contributed by atoms with E-state index in [1.807, 2.05) is 32.0 Å². The third-order valence-electron chi connectivity index (χ3n) is 1.18. The van der Waals surface area contributed by atoms with Gasteiger partial charge in [-0.3, -0.25) is 4.18 Å². The first-order valence-electron chi connectivity index (χ1n) is 4.56. The van der Waals surface area contributed by atoms with Gasteiger partial charge in [-0.15, -0.1) is 0 Å². The Hall–Kier alpha value is -0.670. The van der Waals surface area contributed by atoms with Crippen LogP contribution in [-0.4, -0.2) is 17.6 Å². The van der Waals surface area contributed by atoms with Crippen LogP contribution < -0.4 is 0 Å². The van der Waals surface area contributed by atoms with Crippen molar-refractivity contribution < 1.29 is 8.39 Å². The largest absolute Gasteiger partial charge is 0.294 e. The number of hydrogen-bond acceptors (Lipinski definition) is 2. The maximum Gasteiger partial charge on any atom is 0.151 e. The van der Waals surface area contributed by atoms with Gasteiger partial charge in [-0.05, 0) is 6.92 Å². The minimum absolute atomic E-state index is 1.07. The van der Waals surface area contributed by atoms with Crippen molar-refractivity contribution in [2.24, 2.45) is 0 Å². The highest BCUT2D eigenvalue weighted by atomic mass is 32.2. The summed E-state index contributed by atoms with van der Waals surface area (Å²) in [6.45, 7) is 6.08. The number of hydrogen-bond donors (Lipinski definition) is 0. The van der Waals surface area contributed by atoms with Crippen LogP contribution in [0.2, 0.25) is 0 Å². The first-order chi connectivity index (χ1) is 6.66. The Morgan fingerprint density at radius 3 is 1.64 bits per heavy atom. The highest BCUT2D eigenvalue weighted by molar-refractivity contribution is 7.79. The first-order valence-corrected chi connectivity index (χ1v) is 6.04. The molecule has 82 valence electrons. The molecule has 0 saturated heterocycles. The highest BCUT2D eigenvalue weighted by Crippen LogP contribution is 1.92. The summed E-state index contributed by atoms with van der Waals surface area (Å²) < 4.78 is 13.9. The molecule has 0 fully saturated rings. The Labute approximate surface area is 90.0 Å². The topological polar surface area (TPSA) is 26.3 Å². The Morgan fingerprint density at radius 2 is 1.50 bits per heavy atom. The van der Waals surface area contributed by atoms with E-state index in [-0.39, 0.29) is 0 Å². The van der Waals surface area contributed by atoms with Crippen molar-refractivity contribution in [1.29, 1.82) is 0 Å². The number of rotatable bonds is 1. The molecule has 1 rings (SSSR count). The summed E-state index contributed by atoms with van der Waals surface area (Å²) in [4.78, 5) is 0. The standard InChI is InChI=1S/C7H8.C2H6O2S.C2H6/c1-7-5-3-2-4-6-7;1-4-5(2)3;1-2/h2-6H,1H3;1-2H3;1-2H3. The van der Waals surface area contributed by atoms with Gasteiger partial charge in [0.15, 0.2) is 11.1 Å². The average molecular weight is 216 g/mol. The van der Waals surface area contributed by atoms with Gasteiger partial charge in [0.1, 0.15) is 0 Å². The first kappa shape index (κ1) is 15.8. The molecule has 0 heterocycles. The molecule has 0 aliphatic carbocycles. The Balaban J connectivity index is 0. The lowest BCUT2D eigenvalue weighted by atomic mass is 10.2. The van der Waals surface area contributed by atoms with Gasteiger partial charge in [0.2, 0.25) is 0 Å². The van der Waals surface area contributed by atoms with E-state index < -0.39 is 11.1 Å². The van der Waals surface area contributed by atoms with Crippen molar-refractivity contribution in [2.45, 2.75) is 20.8 Å². The van der Waals surface area contributed by atoms with Gasteiger partial charge in [0.05, 0.1) is 7.11 Å². The van der Waals surface area contributed by atoms with Crippen molar-refractivity contribution in [3.8, 4) is 0 Å². The van der Waals surface area contributed by atoms with Crippen LogP contribution in [0.5, 0.6) is 0 Å². The van der Waals surface area contributed by atoms with Gasteiger partial charge < -0.3 is 0 Å². The molecule has 1 aromatic rings. The molecule has 0 aliphatic heterocycles. The van der Waals surface area contributed by atoms with Crippen LogP contribution in [0.25, 0.3) is 0 Å². The zero-order valence-corrected chi connectivity index (χ0v) is 10.4. The van der Waals surface area contributed by atoms with Crippen molar-refractivity contribution in [3.63, 3.8) is 0 Å². The molecular formula is C11H20O2S. The second-order valence-corrected chi connectivity index (χ2v) is 3.36. The predicted molar refractivity (Wildman–Crippen MR) is 63.6 cm³/mol. The minimum Gasteiger partial charge on any atom is -0.294 e. The SMILES string of the molecule is CC.COS(C)=O.Cc1ccccc1. The van der Waals surface area contributed by atoms with Gasteiger partial charge in [0, 0.05) is 6.26 Å². The van der Waals surface area contributed by atoms with Crippen molar-refractivity contribution >= 4 is 11.1 Å². The van der Waals surface area contributed by atoms with Crippen LogP contribution in [0, 0.1) is 6.92 Å². The van der Waals surface area contributed by atoms with E-state index in [0.29, 0.717) is 0 Å². The number of benzene rings is 1. The van der Waals surface area contributed by atoms with Crippen LogP contribution in [0.3, 0.4) is 0 Å². The van der Waals surface area contributed by atoms with E-state index in [1.54, 1.807) is 0 Å². The Bertz CT molecular complexity index is 222. The molecule has 3 heteroatoms.